The van der Waals surface area contributed by atoms with Crippen LogP contribution < -0.4 is 5.73 Å². The van der Waals surface area contributed by atoms with Gasteiger partial charge in [0, 0.05) is 18.7 Å². The number of aryl methyl sites for hydroxylation is 1. The number of amides is 1. The zero-order chi connectivity index (χ0) is 12.3. The summed E-state index contributed by atoms with van der Waals surface area (Å²) in [5.41, 5.74) is 7.46. The molecule has 92 valence electrons. The molecular weight excluding hydrogens is 212 g/mol. The standard InChI is InChI=1S/C14H20N2O/c1-11-4-6-13(7-5-11)14(17)16-9-12(10-16)3-2-8-15/h4-7,12H,2-3,8-10,15H2,1H3. The minimum atomic E-state index is 0.161. The molecule has 2 rings (SSSR count). The highest BCUT2D eigenvalue weighted by Gasteiger charge is 2.30. The number of likely N-dealkylation sites (tertiary alicyclic amines) is 1. The monoisotopic (exact) mass is 232 g/mol. The van der Waals surface area contributed by atoms with Crippen molar-refractivity contribution in [3.05, 3.63) is 35.4 Å². The lowest BCUT2D eigenvalue weighted by molar-refractivity contribution is 0.0483. The molecule has 1 amide bonds. The van der Waals surface area contributed by atoms with Crippen LogP contribution in [-0.4, -0.2) is 30.4 Å². The maximum Gasteiger partial charge on any atom is 0.253 e. The van der Waals surface area contributed by atoms with Crippen molar-refractivity contribution in [2.45, 2.75) is 19.8 Å². The SMILES string of the molecule is Cc1ccc(C(=O)N2CC(CCCN)C2)cc1. The van der Waals surface area contributed by atoms with Gasteiger partial charge in [0.05, 0.1) is 0 Å². The van der Waals surface area contributed by atoms with E-state index in [0.29, 0.717) is 5.92 Å². The van der Waals surface area contributed by atoms with Crippen molar-refractivity contribution < 1.29 is 4.79 Å². The van der Waals surface area contributed by atoms with Crippen molar-refractivity contribution in [3.63, 3.8) is 0 Å². The van der Waals surface area contributed by atoms with Gasteiger partial charge in [-0.2, -0.15) is 0 Å². The summed E-state index contributed by atoms with van der Waals surface area (Å²) in [6.45, 7) is 4.57. The summed E-state index contributed by atoms with van der Waals surface area (Å²) >= 11 is 0. The number of hydrogen-bond acceptors (Lipinski definition) is 2. The first-order chi connectivity index (χ1) is 8.20. The molecule has 2 N–H and O–H groups in total. The van der Waals surface area contributed by atoms with Crippen molar-refractivity contribution in [2.75, 3.05) is 19.6 Å². The smallest absolute Gasteiger partial charge is 0.253 e. The molecule has 0 bridgehead atoms. The van der Waals surface area contributed by atoms with E-state index in [-0.39, 0.29) is 5.91 Å². The van der Waals surface area contributed by atoms with Crippen LogP contribution in [-0.2, 0) is 0 Å². The van der Waals surface area contributed by atoms with Crippen LogP contribution >= 0.6 is 0 Å². The fraction of sp³-hybridized carbons (Fsp3) is 0.500. The minimum Gasteiger partial charge on any atom is -0.338 e. The molecule has 0 aliphatic carbocycles. The summed E-state index contributed by atoms with van der Waals surface area (Å²) in [6, 6.07) is 7.79. The van der Waals surface area contributed by atoms with E-state index < -0.39 is 0 Å². The molecule has 1 aliphatic heterocycles. The van der Waals surface area contributed by atoms with Gasteiger partial charge in [-0.15, -0.1) is 0 Å². The van der Waals surface area contributed by atoms with Crippen LogP contribution in [0.5, 0.6) is 0 Å². The molecule has 3 heteroatoms. The maximum absolute atomic E-state index is 12.1. The first-order valence-corrected chi connectivity index (χ1v) is 6.26. The molecule has 0 saturated carbocycles. The zero-order valence-corrected chi connectivity index (χ0v) is 10.4. The van der Waals surface area contributed by atoms with Gasteiger partial charge in [-0.3, -0.25) is 4.79 Å². The van der Waals surface area contributed by atoms with Gasteiger partial charge in [-0.05, 0) is 44.4 Å². The quantitative estimate of drug-likeness (QED) is 0.860. The molecular formula is C14H20N2O. The fourth-order valence-electron chi connectivity index (χ4n) is 2.20. The Kier molecular flexibility index (Phi) is 3.79. The summed E-state index contributed by atoms with van der Waals surface area (Å²) in [4.78, 5) is 14.0. The Morgan fingerprint density at radius 3 is 2.59 bits per heavy atom. The Balaban J connectivity index is 1.85. The third kappa shape index (κ3) is 2.86. The lowest BCUT2D eigenvalue weighted by Crippen LogP contribution is -2.50. The largest absolute Gasteiger partial charge is 0.338 e. The Labute approximate surface area is 103 Å². The molecule has 1 aromatic rings. The summed E-state index contributed by atoms with van der Waals surface area (Å²) in [5, 5.41) is 0. The topological polar surface area (TPSA) is 46.3 Å². The molecule has 0 spiro atoms. The van der Waals surface area contributed by atoms with E-state index in [1.165, 1.54) is 5.56 Å². The first kappa shape index (κ1) is 12.1. The molecule has 1 aromatic carbocycles. The van der Waals surface area contributed by atoms with Crippen LogP contribution in [0.15, 0.2) is 24.3 Å². The second kappa shape index (κ2) is 5.32. The number of benzene rings is 1. The third-order valence-electron chi connectivity index (χ3n) is 3.36. The predicted molar refractivity (Wildman–Crippen MR) is 68.9 cm³/mol. The van der Waals surface area contributed by atoms with Crippen molar-refractivity contribution >= 4 is 5.91 Å². The van der Waals surface area contributed by atoms with E-state index >= 15 is 0 Å². The number of rotatable bonds is 4. The van der Waals surface area contributed by atoms with Crippen LogP contribution in [0.25, 0.3) is 0 Å². The van der Waals surface area contributed by atoms with E-state index in [2.05, 4.69) is 0 Å². The van der Waals surface area contributed by atoms with Gasteiger partial charge >= 0.3 is 0 Å². The van der Waals surface area contributed by atoms with Crippen molar-refractivity contribution in [1.29, 1.82) is 0 Å². The molecule has 0 radical (unpaired) electrons. The Morgan fingerprint density at radius 1 is 1.35 bits per heavy atom. The molecule has 0 aromatic heterocycles. The number of hydrogen-bond donors (Lipinski definition) is 1. The predicted octanol–water partition coefficient (Wildman–Crippen LogP) is 1.81. The number of nitrogens with two attached hydrogens (primary N) is 1. The lowest BCUT2D eigenvalue weighted by Gasteiger charge is -2.39. The molecule has 17 heavy (non-hydrogen) atoms. The minimum absolute atomic E-state index is 0.161. The van der Waals surface area contributed by atoms with Crippen LogP contribution in [0.1, 0.15) is 28.8 Å². The highest BCUT2D eigenvalue weighted by Crippen LogP contribution is 2.22. The molecule has 1 aliphatic rings. The van der Waals surface area contributed by atoms with E-state index in [4.69, 9.17) is 5.73 Å². The van der Waals surface area contributed by atoms with Gasteiger partial charge in [0.25, 0.3) is 5.91 Å². The first-order valence-electron chi connectivity index (χ1n) is 6.26. The molecule has 0 unspecified atom stereocenters. The van der Waals surface area contributed by atoms with Gasteiger partial charge < -0.3 is 10.6 Å². The summed E-state index contributed by atoms with van der Waals surface area (Å²) in [7, 11) is 0. The zero-order valence-electron chi connectivity index (χ0n) is 10.4. The summed E-state index contributed by atoms with van der Waals surface area (Å²) in [6.07, 6.45) is 2.21. The molecule has 0 atom stereocenters. The maximum atomic E-state index is 12.1. The Bertz CT molecular complexity index is 380. The van der Waals surface area contributed by atoms with E-state index in [1.54, 1.807) is 0 Å². The fourth-order valence-corrected chi connectivity index (χ4v) is 2.20. The van der Waals surface area contributed by atoms with Gasteiger partial charge in [0.15, 0.2) is 0 Å². The average Bonchev–Trinajstić information content (AvgIpc) is 2.28. The number of carbonyl (C=O) groups is 1. The van der Waals surface area contributed by atoms with E-state index in [9.17, 15) is 4.79 Å². The lowest BCUT2D eigenvalue weighted by atomic mass is 9.94. The Hall–Kier alpha value is -1.35. The summed E-state index contributed by atoms with van der Waals surface area (Å²) < 4.78 is 0. The molecule has 1 fully saturated rings. The van der Waals surface area contributed by atoms with Crippen molar-refractivity contribution in [1.82, 2.24) is 4.90 Å². The number of carbonyl (C=O) groups excluding carboxylic acids is 1. The molecule has 1 saturated heterocycles. The molecule has 1 heterocycles. The highest BCUT2D eigenvalue weighted by molar-refractivity contribution is 5.94. The van der Waals surface area contributed by atoms with E-state index in [0.717, 1.165) is 38.0 Å². The van der Waals surface area contributed by atoms with Gasteiger partial charge in [0.2, 0.25) is 0 Å². The van der Waals surface area contributed by atoms with E-state index in [1.807, 2.05) is 36.1 Å². The summed E-state index contributed by atoms with van der Waals surface area (Å²) in [5.74, 6) is 0.821. The van der Waals surface area contributed by atoms with Crippen LogP contribution in [0.4, 0.5) is 0 Å². The van der Waals surface area contributed by atoms with Crippen LogP contribution in [0.2, 0.25) is 0 Å². The van der Waals surface area contributed by atoms with Crippen LogP contribution in [0, 0.1) is 12.8 Å². The highest BCUT2D eigenvalue weighted by atomic mass is 16.2. The molecule has 3 nitrogen and oxygen atoms in total. The van der Waals surface area contributed by atoms with Gasteiger partial charge in [-0.25, -0.2) is 0 Å². The van der Waals surface area contributed by atoms with Gasteiger partial charge in [0.1, 0.15) is 0 Å². The van der Waals surface area contributed by atoms with Crippen LogP contribution in [0.3, 0.4) is 0 Å². The third-order valence-corrected chi connectivity index (χ3v) is 3.36. The number of nitrogens with zero attached hydrogens (tertiary/aromatic N) is 1. The Morgan fingerprint density at radius 2 is 2.00 bits per heavy atom. The average molecular weight is 232 g/mol. The second-order valence-corrected chi connectivity index (χ2v) is 4.87. The van der Waals surface area contributed by atoms with Crippen molar-refractivity contribution in [3.8, 4) is 0 Å². The second-order valence-electron chi connectivity index (χ2n) is 4.87. The van der Waals surface area contributed by atoms with Crippen molar-refractivity contribution in [2.24, 2.45) is 11.7 Å². The normalized spacial score (nSPS) is 15.8. The van der Waals surface area contributed by atoms with Gasteiger partial charge in [-0.1, -0.05) is 17.7 Å².